The zero-order valence-corrected chi connectivity index (χ0v) is 14.6. The molecule has 3 aromatic rings. The van der Waals surface area contributed by atoms with Gasteiger partial charge in [0, 0.05) is 30.6 Å². The molecule has 0 saturated carbocycles. The third kappa shape index (κ3) is 3.34. The van der Waals surface area contributed by atoms with Gasteiger partial charge in [-0.3, -0.25) is 0 Å². The summed E-state index contributed by atoms with van der Waals surface area (Å²) in [6.45, 7) is 0. The summed E-state index contributed by atoms with van der Waals surface area (Å²) in [7, 11) is 0. The molecule has 0 amide bonds. The monoisotopic (exact) mass is 398 g/mol. The van der Waals surface area contributed by atoms with E-state index in [1.165, 1.54) is 0 Å². The van der Waals surface area contributed by atoms with Crippen LogP contribution < -0.4 is 0 Å². The van der Waals surface area contributed by atoms with E-state index in [2.05, 4.69) is 26.1 Å². The van der Waals surface area contributed by atoms with Gasteiger partial charge in [0.15, 0.2) is 0 Å². The Morgan fingerprint density at radius 1 is 1.14 bits per heavy atom. The quantitative estimate of drug-likeness (QED) is 0.505. The van der Waals surface area contributed by atoms with Crippen LogP contribution in [-0.4, -0.2) is 10.2 Å². The highest BCUT2D eigenvalue weighted by Gasteiger charge is 2.08. The molecule has 0 bridgehead atoms. The van der Waals surface area contributed by atoms with Crippen LogP contribution in [0.4, 0.5) is 0 Å². The van der Waals surface area contributed by atoms with E-state index in [1.807, 2.05) is 30.3 Å². The molecule has 1 aromatic heterocycles. The van der Waals surface area contributed by atoms with Gasteiger partial charge in [-0.15, -0.1) is 16.9 Å². The van der Waals surface area contributed by atoms with Crippen molar-refractivity contribution in [3.05, 3.63) is 62.7 Å². The highest BCUT2D eigenvalue weighted by molar-refractivity contribution is 9.10. The predicted octanol–water partition coefficient (Wildman–Crippen LogP) is 5.99. The molecule has 0 N–H and O–H groups in total. The number of rotatable bonds is 3. The highest BCUT2D eigenvalue weighted by atomic mass is 79.9. The number of halogens is 3. The Labute approximate surface area is 145 Å². The van der Waals surface area contributed by atoms with Crippen LogP contribution in [-0.2, 0) is 5.75 Å². The summed E-state index contributed by atoms with van der Waals surface area (Å²) < 4.78 is 0.944. The van der Waals surface area contributed by atoms with Gasteiger partial charge in [0.05, 0.1) is 6.20 Å². The lowest BCUT2D eigenvalue weighted by molar-refractivity contribution is 1.04. The van der Waals surface area contributed by atoms with Gasteiger partial charge in [-0.05, 0) is 39.7 Å². The SMILES string of the molecule is Clc1ccc(CSc2cnnc3c(Br)cccc23)c(Cl)c1. The van der Waals surface area contributed by atoms with Crippen molar-refractivity contribution >= 4 is 61.8 Å². The molecule has 0 fully saturated rings. The number of benzene rings is 2. The number of aromatic nitrogens is 2. The second-order valence-electron chi connectivity index (χ2n) is 4.37. The number of hydrogen-bond acceptors (Lipinski definition) is 3. The van der Waals surface area contributed by atoms with Crippen LogP contribution in [0.25, 0.3) is 10.9 Å². The van der Waals surface area contributed by atoms with E-state index in [9.17, 15) is 0 Å². The summed E-state index contributed by atoms with van der Waals surface area (Å²) in [4.78, 5) is 1.08. The van der Waals surface area contributed by atoms with Crippen molar-refractivity contribution in [2.45, 2.75) is 10.6 Å². The Kier molecular flexibility index (Phi) is 4.69. The summed E-state index contributed by atoms with van der Waals surface area (Å²) in [6.07, 6.45) is 1.78. The molecule has 0 saturated heterocycles. The van der Waals surface area contributed by atoms with Gasteiger partial charge < -0.3 is 0 Å². The van der Waals surface area contributed by atoms with Gasteiger partial charge >= 0.3 is 0 Å². The molecule has 0 spiro atoms. The summed E-state index contributed by atoms with van der Waals surface area (Å²) in [6, 6.07) is 11.6. The normalized spacial score (nSPS) is 11.0. The van der Waals surface area contributed by atoms with Crippen LogP contribution in [0.2, 0.25) is 10.0 Å². The molecule has 21 heavy (non-hydrogen) atoms. The van der Waals surface area contributed by atoms with Crippen molar-refractivity contribution in [3.8, 4) is 0 Å². The van der Waals surface area contributed by atoms with Crippen LogP contribution in [0.5, 0.6) is 0 Å². The van der Waals surface area contributed by atoms with Crippen LogP contribution in [0.3, 0.4) is 0 Å². The van der Waals surface area contributed by atoms with Gasteiger partial charge in [0.1, 0.15) is 5.52 Å². The fourth-order valence-corrected chi connectivity index (χ4v) is 3.94. The Morgan fingerprint density at radius 2 is 2.00 bits per heavy atom. The van der Waals surface area contributed by atoms with Crippen LogP contribution in [0.1, 0.15) is 5.56 Å². The van der Waals surface area contributed by atoms with Crippen molar-refractivity contribution in [3.63, 3.8) is 0 Å². The number of thioether (sulfide) groups is 1. The zero-order valence-electron chi connectivity index (χ0n) is 10.7. The number of hydrogen-bond donors (Lipinski definition) is 0. The molecule has 1 heterocycles. The lowest BCUT2D eigenvalue weighted by Crippen LogP contribution is -1.89. The van der Waals surface area contributed by atoms with Gasteiger partial charge in [-0.2, -0.15) is 5.10 Å². The molecule has 0 aliphatic heterocycles. The summed E-state index contributed by atoms with van der Waals surface area (Å²) in [5, 5.41) is 10.6. The minimum absolute atomic E-state index is 0.647. The smallest absolute Gasteiger partial charge is 0.108 e. The minimum Gasteiger partial charge on any atom is -0.157 e. The average molecular weight is 400 g/mol. The maximum absolute atomic E-state index is 6.21. The molecule has 0 unspecified atom stereocenters. The van der Waals surface area contributed by atoms with E-state index in [0.717, 1.165) is 31.6 Å². The largest absolute Gasteiger partial charge is 0.157 e. The van der Waals surface area contributed by atoms with E-state index in [1.54, 1.807) is 24.0 Å². The van der Waals surface area contributed by atoms with Crippen molar-refractivity contribution in [1.82, 2.24) is 10.2 Å². The molecule has 3 rings (SSSR count). The van der Waals surface area contributed by atoms with E-state index < -0.39 is 0 Å². The molecule has 0 aliphatic carbocycles. The molecule has 0 radical (unpaired) electrons. The molecule has 0 aliphatic rings. The van der Waals surface area contributed by atoms with Crippen LogP contribution in [0, 0.1) is 0 Å². The van der Waals surface area contributed by atoms with Crippen molar-refractivity contribution in [2.75, 3.05) is 0 Å². The Balaban J connectivity index is 1.90. The second-order valence-corrected chi connectivity index (χ2v) is 7.08. The molecule has 2 nitrogen and oxygen atoms in total. The van der Waals surface area contributed by atoms with Crippen molar-refractivity contribution < 1.29 is 0 Å². The Bertz CT molecular complexity index is 811. The molecule has 2 aromatic carbocycles. The third-order valence-corrected chi connectivity index (χ3v) is 5.30. The average Bonchev–Trinajstić information content (AvgIpc) is 2.47. The number of fused-ring (bicyclic) bond motifs is 1. The van der Waals surface area contributed by atoms with Gasteiger partial charge in [-0.25, -0.2) is 0 Å². The molecular weight excluding hydrogens is 391 g/mol. The lowest BCUT2D eigenvalue weighted by Gasteiger charge is -2.07. The molecule has 106 valence electrons. The summed E-state index contributed by atoms with van der Waals surface area (Å²) >= 11 is 17.3. The number of nitrogens with zero attached hydrogens (tertiary/aromatic N) is 2. The first-order valence-corrected chi connectivity index (χ1v) is 8.65. The fourth-order valence-electron chi connectivity index (χ4n) is 1.93. The summed E-state index contributed by atoms with van der Waals surface area (Å²) in [5.41, 5.74) is 1.91. The second kappa shape index (κ2) is 6.53. The lowest BCUT2D eigenvalue weighted by atomic mass is 10.2. The van der Waals surface area contributed by atoms with Crippen LogP contribution >= 0.6 is 50.9 Å². The standard InChI is InChI=1S/C15H9BrCl2N2S/c16-12-3-1-2-11-14(7-19-20-15(11)12)21-8-9-4-5-10(17)6-13(9)18/h1-7H,8H2. The van der Waals surface area contributed by atoms with Crippen LogP contribution in [0.15, 0.2) is 52.0 Å². The van der Waals surface area contributed by atoms with E-state index in [4.69, 9.17) is 23.2 Å². The Hall–Kier alpha value is -0.810. The van der Waals surface area contributed by atoms with E-state index >= 15 is 0 Å². The fraction of sp³-hybridized carbons (Fsp3) is 0.0667. The first-order chi connectivity index (χ1) is 10.1. The van der Waals surface area contributed by atoms with Gasteiger partial charge in [-0.1, -0.05) is 41.4 Å². The first kappa shape index (κ1) is 15.1. The highest BCUT2D eigenvalue weighted by Crippen LogP contribution is 2.33. The van der Waals surface area contributed by atoms with Crippen molar-refractivity contribution in [2.24, 2.45) is 0 Å². The molecular formula is C15H9BrCl2N2S. The first-order valence-electron chi connectivity index (χ1n) is 6.12. The maximum atomic E-state index is 6.21. The van der Waals surface area contributed by atoms with E-state index in [-0.39, 0.29) is 0 Å². The topological polar surface area (TPSA) is 25.8 Å². The zero-order chi connectivity index (χ0) is 14.8. The van der Waals surface area contributed by atoms with Gasteiger partial charge in [0.25, 0.3) is 0 Å². The summed E-state index contributed by atoms with van der Waals surface area (Å²) in [5.74, 6) is 0.753. The maximum Gasteiger partial charge on any atom is 0.108 e. The minimum atomic E-state index is 0.647. The van der Waals surface area contributed by atoms with Crippen molar-refractivity contribution in [1.29, 1.82) is 0 Å². The predicted molar refractivity (Wildman–Crippen MR) is 93.3 cm³/mol. The third-order valence-electron chi connectivity index (χ3n) is 2.98. The Morgan fingerprint density at radius 3 is 2.81 bits per heavy atom. The molecule has 6 heteroatoms. The van der Waals surface area contributed by atoms with Gasteiger partial charge in [0.2, 0.25) is 0 Å². The molecule has 0 atom stereocenters. The van der Waals surface area contributed by atoms with E-state index in [0.29, 0.717) is 10.0 Å².